The molecule has 1 amide bonds. The molecule has 1 fully saturated rings. The van der Waals surface area contributed by atoms with Crippen molar-refractivity contribution in [1.29, 1.82) is 0 Å². The Kier molecular flexibility index (Phi) is 2.94. The summed E-state index contributed by atoms with van der Waals surface area (Å²) in [5, 5.41) is 14.3. The SMILES string of the molecule is CC1CCc2c(C(=O)NC3(CO)CC3)csc2C1. The molecule has 1 saturated carbocycles. The molecule has 2 aliphatic rings. The maximum absolute atomic E-state index is 12.3. The number of carbonyl (C=O) groups is 1. The fourth-order valence-corrected chi connectivity index (χ4v) is 3.89. The smallest absolute Gasteiger partial charge is 0.252 e. The van der Waals surface area contributed by atoms with Crippen LogP contribution in [-0.4, -0.2) is 23.2 Å². The molecule has 0 spiro atoms. The van der Waals surface area contributed by atoms with Gasteiger partial charge in [0.2, 0.25) is 0 Å². The fourth-order valence-electron chi connectivity index (χ4n) is 2.65. The van der Waals surface area contributed by atoms with Crippen molar-refractivity contribution in [3.8, 4) is 0 Å². The standard InChI is InChI=1S/C14H19NO2S/c1-9-2-3-10-11(7-18-12(10)6-9)13(17)15-14(8-16)4-5-14/h7,9,16H,2-6,8H2,1H3,(H,15,17). The number of nitrogens with one attached hydrogen (secondary N) is 1. The highest BCUT2D eigenvalue weighted by molar-refractivity contribution is 7.10. The summed E-state index contributed by atoms with van der Waals surface area (Å²) in [6, 6.07) is 0. The van der Waals surface area contributed by atoms with Crippen molar-refractivity contribution in [2.24, 2.45) is 5.92 Å². The van der Waals surface area contributed by atoms with E-state index in [1.165, 1.54) is 16.9 Å². The van der Waals surface area contributed by atoms with Crippen molar-refractivity contribution in [2.75, 3.05) is 6.61 Å². The van der Waals surface area contributed by atoms with Crippen LogP contribution in [0, 0.1) is 5.92 Å². The monoisotopic (exact) mass is 265 g/mol. The minimum absolute atomic E-state index is 0.00797. The molecule has 3 rings (SSSR count). The molecule has 2 aliphatic carbocycles. The van der Waals surface area contributed by atoms with E-state index in [0.29, 0.717) is 0 Å². The van der Waals surface area contributed by atoms with E-state index in [2.05, 4.69) is 12.2 Å². The molecule has 1 aromatic heterocycles. The molecule has 0 bridgehead atoms. The van der Waals surface area contributed by atoms with Crippen molar-refractivity contribution in [3.63, 3.8) is 0 Å². The molecule has 98 valence electrons. The third kappa shape index (κ3) is 2.08. The number of amides is 1. The van der Waals surface area contributed by atoms with Gasteiger partial charge in [-0.1, -0.05) is 6.92 Å². The molecule has 18 heavy (non-hydrogen) atoms. The van der Waals surface area contributed by atoms with Gasteiger partial charge in [-0.3, -0.25) is 4.79 Å². The molecule has 0 aliphatic heterocycles. The van der Waals surface area contributed by atoms with Crippen LogP contribution in [-0.2, 0) is 12.8 Å². The lowest BCUT2D eigenvalue weighted by atomic mass is 9.88. The first-order chi connectivity index (χ1) is 8.63. The van der Waals surface area contributed by atoms with Gasteiger partial charge in [0.05, 0.1) is 17.7 Å². The second kappa shape index (κ2) is 4.35. The maximum Gasteiger partial charge on any atom is 0.252 e. The van der Waals surface area contributed by atoms with Crippen LogP contribution in [0.4, 0.5) is 0 Å². The van der Waals surface area contributed by atoms with E-state index in [-0.39, 0.29) is 18.1 Å². The Bertz CT molecular complexity index is 476. The van der Waals surface area contributed by atoms with E-state index < -0.39 is 0 Å². The van der Waals surface area contributed by atoms with Crippen LogP contribution in [0.15, 0.2) is 5.38 Å². The fraction of sp³-hybridized carbons (Fsp3) is 0.643. The predicted octanol–water partition coefficient (Wildman–Crippen LogP) is 2.13. The van der Waals surface area contributed by atoms with Gasteiger partial charge in [-0.05, 0) is 43.6 Å². The number of rotatable bonds is 3. The molecular formula is C14H19NO2S. The first kappa shape index (κ1) is 12.2. The molecular weight excluding hydrogens is 246 g/mol. The summed E-state index contributed by atoms with van der Waals surface area (Å²) in [6.07, 6.45) is 5.11. The van der Waals surface area contributed by atoms with E-state index in [0.717, 1.165) is 37.2 Å². The molecule has 0 radical (unpaired) electrons. The van der Waals surface area contributed by atoms with Crippen molar-refractivity contribution in [2.45, 2.75) is 44.6 Å². The number of carbonyl (C=O) groups excluding carboxylic acids is 1. The highest BCUT2D eigenvalue weighted by atomic mass is 32.1. The Morgan fingerprint density at radius 1 is 1.61 bits per heavy atom. The van der Waals surface area contributed by atoms with E-state index >= 15 is 0 Å². The van der Waals surface area contributed by atoms with Gasteiger partial charge in [0, 0.05) is 10.3 Å². The van der Waals surface area contributed by atoms with Crippen LogP contribution >= 0.6 is 11.3 Å². The van der Waals surface area contributed by atoms with E-state index in [4.69, 9.17) is 0 Å². The van der Waals surface area contributed by atoms with Gasteiger partial charge in [-0.15, -0.1) is 11.3 Å². The number of fused-ring (bicyclic) bond motifs is 1. The number of aliphatic hydroxyl groups excluding tert-OH is 1. The molecule has 1 unspecified atom stereocenters. The lowest BCUT2D eigenvalue weighted by Gasteiger charge is -2.20. The number of aliphatic hydroxyl groups is 1. The zero-order chi connectivity index (χ0) is 12.8. The van der Waals surface area contributed by atoms with Gasteiger partial charge >= 0.3 is 0 Å². The molecule has 1 atom stereocenters. The Morgan fingerprint density at radius 3 is 3.06 bits per heavy atom. The average Bonchev–Trinajstić information content (AvgIpc) is 3.00. The largest absolute Gasteiger partial charge is 0.394 e. The molecule has 0 saturated heterocycles. The van der Waals surface area contributed by atoms with Gasteiger partial charge in [0.25, 0.3) is 5.91 Å². The van der Waals surface area contributed by atoms with E-state index in [1.807, 2.05) is 5.38 Å². The quantitative estimate of drug-likeness (QED) is 0.879. The Morgan fingerprint density at radius 2 is 2.39 bits per heavy atom. The van der Waals surface area contributed by atoms with Gasteiger partial charge in [0.15, 0.2) is 0 Å². The minimum Gasteiger partial charge on any atom is -0.394 e. The summed E-state index contributed by atoms with van der Waals surface area (Å²) in [4.78, 5) is 13.6. The van der Waals surface area contributed by atoms with Gasteiger partial charge in [-0.25, -0.2) is 0 Å². The molecule has 3 nitrogen and oxygen atoms in total. The highest BCUT2D eigenvalue weighted by Gasteiger charge is 2.44. The molecule has 2 N–H and O–H groups in total. The van der Waals surface area contributed by atoms with Crippen molar-refractivity contribution in [3.05, 3.63) is 21.4 Å². The normalized spacial score (nSPS) is 24.4. The first-order valence-electron chi connectivity index (χ1n) is 6.66. The Labute approximate surface area is 111 Å². The lowest BCUT2D eigenvalue weighted by molar-refractivity contribution is 0.0906. The van der Waals surface area contributed by atoms with Gasteiger partial charge in [0.1, 0.15) is 0 Å². The average molecular weight is 265 g/mol. The Hall–Kier alpha value is -0.870. The maximum atomic E-state index is 12.3. The van der Waals surface area contributed by atoms with E-state index in [9.17, 15) is 9.90 Å². The summed E-state index contributed by atoms with van der Waals surface area (Å²) in [7, 11) is 0. The predicted molar refractivity (Wildman–Crippen MR) is 72.0 cm³/mol. The summed E-state index contributed by atoms with van der Waals surface area (Å²) < 4.78 is 0. The van der Waals surface area contributed by atoms with Crippen molar-refractivity contribution < 1.29 is 9.90 Å². The third-order valence-corrected chi connectivity index (χ3v) is 5.23. The van der Waals surface area contributed by atoms with Crippen LogP contribution in [0.2, 0.25) is 0 Å². The van der Waals surface area contributed by atoms with Crippen molar-refractivity contribution in [1.82, 2.24) is 5.32 Å². The lowest BCUT2D eigenvalue weighted by Crippen LogP contribution is -2.39. The second-order valence-corrected chi connectivity index (χ2v) is 6.76. The third-order valence-electron chi connectivity index (χ3n) is 4.18. The molecule has 1 aromatic rings. The van der Waals surface area contributed by atoms with Gasteiger partial charge in [-0.2, -0.15) is 0 Å². The molecule has 1 heterocycles. The van der Waals surface area contributed by atoms with Gasteiger partial charge < -0.3 is 10.4 Å². The topological polar surface area (TPSA) is 49.3 Å². The Balaban J connectivity index is 1.79. The highest BCUT2D eigenvalue weighted by Crippen LogP contribution is 2.37. The van der Waals surface area contributed by atoms with Crippen LogP contribution in [0.1, 0.15) is 47.0 Å². The number of hydrogen-bond donors (Lipinski definition) is 2. The summed E-state index contributed by atoms with van der Waals surface area (Å²) in [5.41, 5.74) is 1.79. The number of thiophene rings is 1. The van der Waals surface area contributed by atoms with Crippen molar-refractivity contribution >= 4 is 17.2 Å². The van der Waals surface area contributed by atoms with Crippen LogP contribution < -0.4 is 5.32 Å². The minimum atomic E-state index is -0.312. The van der Waals surface area contributed by atoms with Crippen LogP contribution in [0.25, 0.3) is 0 Å². The zero-order valence-corrected chi connectivity index (χ0v) is 11.5. The molecule has 4 heteroatoms. The zero-order valence-electron chi connectivity index (χ0n) is 10.7. The second-order valence-electron chi connectivity index (χ2n) is 5.79. The summed E-state index contributed by atoms with van der Waals surface area (Å²) >= 11 is 1.71. The van der Waals surface area contributed by atoms with Crippen LogP contribution in [0.5, 0.6) is 0 Å². The van der Waals surface area contributed by atoms with E-state index in [1.54, 1.807) is 11.3 Å². The first-order valence-corrected chi connectivity index (χ1v) is 7.54. The molecule has 0 aromatic carbocycles. The summed E-state index contributed by atoms with van der Waals surface area (Å²) in [5.74, 6) is 0.743. The summed E-state index contributed by atoms with van der Waals surface area (Å²) in [6.45, 7) is 2.33. The number of hydrogen-bond acceptors (Lipinski definition) is 3. The van der Waals surface area contributed by atoms with Crippen LogP contribution in [0.3, 0.4) is 0 Å².